The zero-order valence-electron chi connectivity index (χ0n) is 9.44. The summed E-state index contributed by atoms with van der Waals surface area (Å²) in [5, 5.41) is 3.23. The summed E-state index contributed by atoms with van der Waals surface area (Å²) in [6, 6.07) is 6.64. The van der Waals surface area contributed by atoms with E-state index in [9.17, 15) is 9.59 Å². The first-order valence-electron chi connectivity index (χ1n) is 5.40. The molecule has 5 heteroatoms. The van der Waals surface area contributed by atoms with E-state index < -0.39 is 6.04 Å². The fourth-order valence-corrected chi connectivity index (χ4v) is 2.07. The summed E-state index contributed by atoms with van der Waals surface area (Å²) < 4.78 is 0. The van der Waals surface area contributed by atoms with E-state index >= 15 is 0 Å². The van der Waals surface area contributed by atoms with Crippen molar-refractivity contribution >= 4 is 29.1 Å². The Morgan fingerprint density at radius 3 is 2.76 bits per heavy atom. The molecule has 1 fully saturated rings. The molecule has 0 aromatic heterocycles. The summed E-state index contributed by atoms with van der Waals surface area (Å²) in [6.45, 7) is 0. The minimum Gasteiger partial charge on any atom is -0.334 e. The maximum Gasteiger partial charge on any atom is 0.247 e. The average Bonchev–Trinajstić information content (AvgIpc) is 2.63. The van der Waals surface area contributed by atoms with Crippen LogP contribution < -0.4 is 5.32 Å². The van der Waals surface area contributed by atoms with E-state index in [0.717, 1.165) is 0 Å². The lowest BCUT2D eigenvalue weighted by Crippen LogP contribution is -2.38. The molecule has 1 aliphatic rings. The van der Waals surface area contributed by atoms with Crippen molar-refractivity contribution in [1.29, 1.82) is 0 Å². The van der Waals surface area contributed by atoms with Crippen molar-refractivity contribution in [2.75, 3.05) is 12.4 Å². The molecular weight excluding hydrogens is 240 g/mol. The minimum atomic E-state index is -0.390. The third kappa shape index (κ3) is 2.42. The van der Waals surface area contributed by atoms with Crippen molar-refractivity contribution in [3.05, 3.63) is 29.3 Å². The normalized spacial score (nSPS) is 19.5. The van der Waals surface area contributed by atoms with E-state index in [1.807, 2.05) is 0 Å². The maximum absolute atomic E-state index is 12.0. The van der Waals surface area contributed by atoms with Crippen molar-refractivity contribution in [2.45, 2.75) is 18.9 Å². The van der Waals surface area contributed by atoms with Gasteiger partial charge in [0.15, 0.2) is 0 Å². The van der Waals surface area contributed by atoms with Gasteiger partial charge >= 0.3 is 0 Å². The molecule has 1 unspecified atom stereocenters. The van der Waals surface area contributed by atoms with E-state index in [0.29, 0.717) is 23.6 Å². The molecule has 1 atom stereocenters. The Kier molecular flexibility index (Phi) is 3.33. The highest BCUT2D eigenvalue weighted by Gasteiger charge is 2.33. The number of likely N-dealkylation sites (N-methyl/N-ethyl adjacent to an activating group) is 1. The van der Waals surface area contributed by atoms with Crippen LogP contribution in [0.1, 0.15) is 12.8 Å². The smallest absolute Gasteiger partial charge is 0.247 e. The van der Waals surface area contributed by atoms with E-state index in [1.54, 1.807) is 31.3 Å². The summed E-state index contributed by atoms with van der Waals surface area (Å²) in [6.07, 6.45) is 0.989. The number of carbonyl (C=O) groups excluding carboxylic acids is 2. The van der Waals surface area contributed by atoms with Crippen LogP contribution in [0.15, 0.2) is 24.3 Å². The molecular formula is C12H13ClN2O2. The molecule has 0 radical (unpaired) electrons. The second-order valence-electron chi connectivity index (χ2n) is 4.03. The Labute approximate surface area is 105 Å². The van der Waals surface area contributed by atoms with Gasteiger partial charge in [0.05, 0.1) is 10.7 Å². The molecule has 1 saturated heterocycles. The Bertz CT molecular complexity index is 462. The number of rotatable bonds is 2. The van der Waals surface area contributed by atoms with Crippen molar-refractivity contribution in [2.24, 2.45) is 0 Å². The highest BCUT2D eigenvalue weighted by atomic mass is 35.5. The molecule has 2 rings (SSSR count). The van der Waals surface area contributed by atoms with E-state index in [4.69, 9.17) is 11.6 Å². The Morgan fingerprint density at radius 1 is 1.47 bits per heavy atom. The fraction of sp³-hybridized carbons (Fsp3) is 0.333. The van der Waals surface area contributed by atoms with Gasteiger partial charge in [-0.25, -0.2) is 0 Å². The van der Waals surface area contributed by atoms with Gasteiger partial charge in [-0.15, -0.1) is 0 Å². The van der Waals surface area contributed by atoms with Crippen LogP contribution in [0.5, 0.6) is 0 Å². The van der Waals surface area contributed by atoms with Crippen LogP contribution in [0.25, 0.3) is 0 Å². The van der Waals surface area contributed by atoms with Crippen LogP contribution in [0, 0.1) is 0 Å². The molecule has 1 aromatic rings. The highest BCUT2D eigenvalue weighted by molar-refractivity contribution is 6.33. The number of hydrogen-bond donors (Lipinski definition) is 1. The number of likely N-dealkylation sites (tertiary alicyclic amines) is 1. The molecule has 0 spiro atoms. The molecule has 1 heterocycles. The van der Waals surface area contributed by atoms with E-state index in [2.05, 4.69) is 5.32 Å². The van der Waals surface area contributed by atoms with Crippen LogP contribution in [0.3, 0.4) is 0 Å². The Hall–Kier alpha value is -1.55. The molecule has 90 valence electrons. The van der Waals surface area contributed by atoms with Crippen LogP contribution in [0.2, 0.25) is 5.02 Å². The SMILES string of the molecule is CN1C(=O)CCC1C(=O)Nc1ccccc1Cl. The number of nitrogens with one attached hydrogen (secondary N) is 1. The first-order valence-corrected chi connectivity index (χ1v) is 5.78. The van der Waals surface area contributed by atoms with Crippen LogP contribution in [-0.4, -0.2) is 29.8 Å². The number of nitrogens with zero attached hydrogens (tertiary/aromatic N) is 1. The number of para-hydroxylation sites is 1. The second kappa shape index (κ2) is 4.75. The molecule has 0 bridgehead atoms. The third-order valence-electron chi connectivity index (χ3n) is 2.93. The number of hydrogen-bond acceptors (Lipinski definition) is 2. The van der Waals surface area contributed by atoms with Gasteiger partial charge in [0.2, 0.25) is 11.8 Å². The maximum atomic E-state index is 12.0. The van der Waals surface area contributed by atoms with Gasteiger partial charge in [0.1, 0.15) is 6.04 Å². The topological polar surface area (TPSA) is 49.4 Å². The van der Waals surface area contributed by atoms with Crippen molar-refractivity contribution in [1.82, 2.24) is 4.90 Å². The predicted molar refractivity (Wildman–Crippen MR) is 65.9 cm³/mol. The quantitative estimate of drug-likeness (QED) is 0.874. The van der Waals surface area contributed by atoms with Gasteiger partial charge in [-0.2, -0.15) is 0 Å². The number of carbonyl (C=O) groups is 2. The number of anilines is 1. The monoisotopic (exact) mass is 252 g/mol. The van der Waals surface area contributed by atoms with Gasteiger partial charge in [-0.3, -0.25) is 9.59 Å². The molecule has 4 nitrogen and oxygen atoms in total. The lowest BCUT2D eigenvalue weighted by molar-refractivity contribution is -0.131. The Balaban J connectivity index is 2.08. The van der Waals surface area contributed by atoms with E-state index in [-0.39, 0.29) is 11.8 Å². The van der Waals surface area contributed by atoms with E-state index in [1.165, 1.54) is 4.90 Å². The zero-order valence-corrected chi connectivity index (χ0v) is 10.2. The van der Waals surface area contributed by atoms with Gasteiger partial charge in [-0.05, 0) is 18.6 Å². The summed E-state index contributed by atoms with van der Waals surface area (Å²) in [7, 11) is 1.65. The summed E-state index contributed by atoms with van der Waals surface area (Å²) >= 11 is 5.94. The summed E-state index contributed by atoms with van der Waals surface area (Å²) in [5.74, 6) is -0.184. The second-order valence-corrected chi connectivity index (χ2v) is 4.44. The van der Waals surface area contributed by atoms with Gasteiger partial charge < -0.3 is 10.2 Å². The highest BCUT2D eigenvalue weighted by Crippen LogP contribution is 2.23. The summed E-state index contributed by atoms with van der Waals surface area (Å²) in [4.78, 5) is 24.8. The molecule has 17 heavy (non-hydrogen) atoms. The van der Waals surface area contributed by atoms with Gasteiger partial charge in [-0.1, -0.05) is 23.7 Å². The molecule has 2 amide bonds. The lowest BCUT2D eigenvalue weighted by Gasteiger charge is -2.19. The number of halogens is 1. The van der Waals surface area contributed by atoms with Crippen molar-refractivity contribution in [3.8, 4) is 0 Å². The molecule has 1 aliphatic heterocycles. The predicted octanol–water partition coefficient (Wildman–Crippen LogP) is 1.90. The summed E-state index contributed by atoms with van der Waals surface area (Å²) in [5.41, 5.74) is 0.576. The van der Waals surface area contributed by atoms with Gasteiger partial charge in [0, 0.05) is 13.5 Å². The fourth-order valence-electron chi connectivity index (χ4n) is 1.89. The molecule has 1 aromatic carbocycles. The largest absolute Gasteiger partial charge is 0.334 e. The minimum absolute atomic E-state index is 0.00399. The molecule has 0 aliphatic carbocycles. The third-order valence-corrected chi connectivity index (χ3v) is 3.26. The molecule has 0 saturated carbocycles. The molecule has 1 N–H and O–H groups in total. The van der Waals surface area contributed by atoms with Crippen molar-refractivity contribution < 1.29 is 9.59 Å². The van der Waals surface area contributed by atoms with Crippen LogP contribution in [0.4, 0.5) is 5.69 Å². The zero-order chi connectivity index (χ0) is 12.4. The number of benzene rings is 1. The standard InChI is InChI=1S/C12H13ClN2O2/c1-15-10(6-7-11(15)16)12(17)14-9-5-3-2-4-8(9)13/h2-5,10H,6-7H2,1H3,(H,14,17). The lowest BCUT2D eigenvalue weighted by atomic mass is 10.2. The van der Waals surface area contributed by atoms with Crippen LogP contribution >= 0.6 is 11.6 Å². The average molecular weight is 253 g/mol. The van der Waals surface area contributed by atoms with Crippen LogP contribution in [-0.2, 0) is 9.59 Å². The van der Waals surface area contributed by atoms with Gasteiger partial charge in [0.25, 0.3) is 0 Å². The first-order chi connectivity index (χ1) is 8.09. The first kappa shape index (κ1) is 11.9. The van der Waals surface area contributed by atoms with Crippen molar-refractivity contribution in [3.63, 3.8) is 0 Å². The Morgan fingerprint density at radius 2 is 2.18 bits per heavy atom. The number of amides is 2.